The average Bonchev–Trinajstić information content (AvgIpc) is 3.34. The number of aryl methyl sites for hydroxylation is 2. The van der Waals surface area contributed by atoms with E-state index in [0.29, 0.717) is 18.8 Å². The Balaban J connectivity index is 1.46. The van der Waals surface area contributed by atoms with Crippen LogP contribution in [0.15, 0.2) is 36.7 Å². The lowest BCUT2D eigenvalue weighted by Crippen LogP contribution is -2.47. The minimum Gasteiger partial charge on any atom is -0.337 e. The summed E-state index contributed by atoms with van der Waals surface area (Å²) in [5.74, 6) is -0.398. The Hall–Kier alpha value is -3.56. The lowest BCUT2D eigenvalue weighted by atomic mass is 10.1. The van der Waals surface area contributed by atoms with E-state index in [9.17, 15) is 14.0 Å². The highest BCUT2D eigenvalue weighted by Gasteiger charge is 2.31. The fourth-order valence-electron chi connectivity index (χ4n) is 3.50. The van der Waals surface area contributed by atoms with Crippen LogP contribution in [0.2, 0.25) is 0 Å². The SMILES string of the molecule is Cc1cc2n(n1)CC[C@H](NC(=O)c1ncn(C(C)c3ccc(F)cc3)n1)C(=O)N2C. The van der Waals surface area contributed by atoms with Gasteiger partial charge in [-0.25, -0.2) is 18.7 Å². The molecule has 1 aliphatic rings. The van der Waals surface area contributed by atoms with Crippen molar-refractivity contribution in [3.63, 3.8) is 0 Å². The highest BCUT2D eigenvalue weighted by molar-refractivity contribution is 6.00. The van der Waals surface area contributed by atoms with Gasteiger partial charge in [0, 0.05) is 19.7 Å². The Morgan fingerprint density at radius 1 is 1.27 bits per heavy atom. The van der Waals surface area contributed by atoms with Gasteiger partial charge in [0.15, 0.2) is 0 Å². The van der Waals surface area contributed by atoms with Crippen molar-refractivity contribution >= 4 is 17.6 Å². The predicted molar refractivity (Wildman–Crippen MR) is 106 cm³/mol. The van der Waals surface area contributed by atoms with Crippen molar-refractivity contribution in [3.05, 3.63) is 59.6 Å². The molecule has 3 aromatic rings. The van der Waals surface area contributed by atoms with Gasteiger partial charge < -0.3 is 5.32 Å². The predicted octanol–water partition coefficient (Wildman–Crippen LogP) is 1.70. The Morgan fingerprint density at radius 3 is 2.73 bits per heavy atom. The number of nitrogens with zero attached hydrogens (tertiary/aromatic N) is 6. The molecule has 0 saturated carbocycles. The molecule has 10 heteroatoms. The summed E-state index contributed by atoms with van der Waals surface area (Å²) in [4.78, 5) is 31.0. The number of hydrogen-bond donors (Lipinski definition) is 1. The third kappa shape index (κ3) is 3.68. The normalized spacial score (nSPS) is 17.4. The van der Waals surface area contributed by atoms with Crippen LogP contribution >= 0.6 is 0 Å². The number of likely N-dealkylation sites (N-methyl/N-ethyl adjacent to an activating group) is 1. The number of rotatable bonds is 4. The molecule has 2 aromatic heterocycles. The van der Waals surface area contributed by atoms with Crippen molar-refractivity contribution < 1.29 is 14.0 Å². The zero-order valence-corrected chi connectivity index (χ0v) is 16.9. The first-order valence-electron chi connectivity index (χ1n) is 9.63. The molecule has 0 bridgehead atoms. The van der Waals surface area contributed by atoms with E-state index in [-0.39, 0.29) is 23.6 Å². The molecule has 0 spiro atoms. The summed E-state index contributed by atoms with van der Waals surface area (Å²) >= 11 is 0. The highest BCUT2D eigenvalue weighted by Crippen LogP contribution is 2.21. The quantitative estimate of drug-likeness (QED) is 0.705. The number of fused-ring (bicyclic) bond motifs is 1. The summed E-state index contributed by atoms with van der Waals surface area (Å²) in [6, 6.07) is 6.96. The Morgan fingerprint density at radius 2 is 2.00 bits per heavy atom. The van der Waals surface area contributed by atoms with Gasteiger partial charge in [-0.3, -0.25) is 14.5 Å². The summed E-state index contributed by atoms with van der Waals surface area (Å²) in [5, 5.41) is 11.4. The molecule has 156 valence electrons. The van der Waals surface area contributed by atoms with Crippen molar-refractivity contribution in [1.82, 2.24) is 29.9 Å². The number of anilines is 1. The van der Waals surface area contributed by atoms with Crippen molar-refractivity contribution in [1.29, 1.82) is 0 Å². The van der Waals surface area contributed by atoms with Gasteiger partial charge in [-0.2, -0.15) is 5.10 Å². The van der Waals surface area contributed by atoms with Crippen molar-refractivity contribution in [2.45, 2.75) is 38.9 Å². The molecule has 0 fully saturated rings. The maximum absolute atomic E-state index is 13.1. The van der Waals surface area contributed by atoms with E-state index >= 15 is 0 Å². The zero-order chi connectivity index (χ0) is 21.4. The lowest BCUT2D eigenvalue weighted by Gasteiger charge is -2.19. The summed E-state index contributed by atoms with van der Waals surface area (Å²) < 4.78 is 16.4. The molecular weight excluding hydrogens is 389 g/mol. The van der Waals surface area contributed by atoms with Crippen LogP contribution in [0.4, 0.5) is 10.2 Å². The van der Waals surface area contributed by atoms with E-state index in [4.69, 9.17) is 0 Å². The first kappa shape index (κ1) is 19.7. The van der Waals surface area contributed by atoms with Crippen LogP contribution in [0.3, 0.4) is 0 Å². The van der Waals surface area contributed by atoms with Gasteiger partial charge in [-0.15, -0.1) is 5.10 Å². The van der Waals surface area contributed by atoms with Crippen molar-refractivity contribution in [3.8, 4) is 0 Å². The number of nitrogens with one attached hydrogen (secondary N) is 1. The Kier molecular flexibility index (Phi) is 5.06. The number of carbonyl (C=O) groups excluding carboxylic acids is 2. The number of amides is 2. The van der Waals surface area contributed by atoms with Crippen LogP contribution in [0.25, 0.3) is 0 Å². The van der Waals surface area contributed by atoms with E-state index in [0.717, 1.165) is 11.3 Å². The lowest BCUT2D eigenvalue weighted by molar-refractivity contribution is -0.120. The average molecular weight is 411 g/mol. The van der Waals surface area contributed by atoms with Gasteiger partial charge in [0.1, 0.15) is 24.0 Å². The maximum Gasteiger partial charge on any atom is 0.291 e. The minimum absolute atomic E-state index is 0.0303. The van der Waals surface area contributed by atoms with E-state index in [1.54, 1.807) is 23.9 Å². The zero-order valence-electron chi connectivity index (χ0n) is 16.9. The Labute approximate surface area is 172 Å². The third-order valence-corrected chi connectivity index (χ3v) is 5.25. The minimum atomic E-state index is -0.703. The molecular formula is C20H22FN7O2. The fourth-order valence-corrected chi connectivity index (χ4v) is 3.50. The molecule has 0 saturated heterocycles. The highest BCUT2D eigenvalue weighted by atomic mass is 19.1. The molecule has 2 amide bonds. The number of aromatic nitrogens is 5. The summed E-state index contributed by atoms with van der Waals surface area (Å²) in [7, 11) is 1.66. The molecule has 2 atom stereocenters. The van der Waals surface area contributed by atoms with Crippen LogP contribution < -0.4 is 10.2 Å². The van der Waals surface area contributed by atoms with Crippen LogP contribution in [0, 0.1) is 12.7 Å². The van der Waals surface area contributed by atoms with Gasteiger partial charge in [-0.1, -0.05) is 12.1 Å². The largest absolute Gasteiger partial charge is 0.337 e. The van der Waals surface area contributed by atoms with E-state index < -0.39 is 11.9 Å². The molecule has 30 heavy (non-hydrogen) atoms. The molecule has 3 heterocycles. The first-order valence-corrected chi connectivity index (χ1v) is 9.63. The fraction of sp³-hybridized carbons (Fsp3) is 0.350. The molecule has 4 rings (SSSR count). The van der Waals surface area contributed by atoms with Crippen molar-refractivity contribution in [2.75, 3.05) is 11.9 Å². The second-order valence-electron chi connectivity index (χ2n) is 7.35. The van der Waals surface area contributed by atoms with Crippen LogP contribution in [0.5, 0.6) is 0 Å². The van der Waals surface area contributed by atoms with Gasteiger partial charge in [-0.05, 0) is 38.0 Å². The smallest absolute Gasteiger partial charge is 0.291 e. The van der Waals surface area contributed by atoms with Crippen LogP contribution in [-0.4, -0.2) is 49.4 Å². The molecule has 1 N–H and O–H groups in total. The summed E-state index contributed by atoms with van der Waals surface area (Å²) in [6.45, 7) is 4.25. The van der Waals surface area contributed by atoms with Gasteiger partial charge in [0.2, 0.25) is 5.82 Å². The van der Waals surface area contributed by atoms with Crippen molar-refractivity contribution in [2.24, 2.45) is 0 Å². The number of benzene rings is 1. The van der Waals surface area contributed by atoms with Crippen LogP contribution in [0.1, 0.15) is 41.3 Å². The van der Waals surface area contributed by atoms with Gasteiger partial charge in [0.05, 0.1) is 11.7 Å². The third-order valence-electron chi connectivity index (χ3n) is 5.25. The Bertz CT molecular complexity index is 1090. The van der Waals surface area contributed by atoms with E-state index in [1.807, 2.05) is 19.9 Å². The van der Waals surface area contributed by atoms with Crippen LogP contribution in [-0.2, 0) is 11.3 Å². The number of halogens is 1. The first-order chi connectivity index (χ1) is 14.3. The standard InChI is InChI=1S/C20H22FN7O2/c1-12-10-17-26(3)20(30)16(8-9-27(17)24-12)23-19(29)18-22-11-28(25-18)13(2)14-4-6-15(21)7-5-14/h4-7,10-11,13,16H,8-9H2,1-3H3,(H,23,29)/t13?,16-/m0/s1. The van der Waals surface area contributed by atoms with Gasteiger partial charge in [0.25, 0.3) is 11.8 Å². The summed E-state index contributed by atoms with van der Waals surface area (Å²) in [6.07, 6.45) is 1.86. The van der Waals surface area contributed by atoms with E-state index in [2.05, 4.69) is 20.5 Å². The molecule has 1 unspecified atom stereocenters. The second-order valence-corrected chi connectivity index (χ2v) is 7.35. The molecule has 1 aromatic carbocycles. The molecule has 9 nitrogen and oxygen atoms in total. The summed E-state index contributed by atoms with van der Waals surface area (Å²) in [5.41, 5.74) is 1.66. The molecule has 1 aliphatic heterocycles. The number of carbonyl (C=O) groups is 2. The molecule has 0 radical (unpaired) electrons. The second kappa shape index (κ2) is 7.69. The van der Waals surface area contributed by atoms with Gasteiger partial charge >= 0.3 is 0 Å². The number of hydrogen-bond acceptors (Lipinski definition) is 5. The maximum atomic E-state index is 13.1. The molecule has 0 aliphatic carbocycles. The van der Waals surface area contributed by atoms with E-state index in [1.165, 1.54) is 28.0 Å². The topological polar surface area (TPSA) is 97.9 Å². The monoisotopic (exact) mass is 411 g/mol.